The number of nitrogens with one attached hydrogen (secondary N) is 1. The predicted molar refractivity (Wildman–Crippen MR) is 70.5 cm³/mol. The molecule has 100 valence electrons. The molecule has 2 rings (SSSR count). The van der Waals surface area contributed by atoms with Gasteiger partial charge in [0.15, 0.2) is 5.78 Å². The maximum absolute atomic E-state index is 12.2. The van der Waals surface area contributed by atoms with Crippen molar-refractivity contribution >= 4 is 26.8 Å². The molecule has 1 amide bonds. The molecule has 19 heavy (non-hydrogen) atoms. The van der Waals surface area contributed by atoms with Gasteiger partial charge in [0, 0.05) is 5.56 Å². The minimum absolute atomic E-state index is 0.177. The number of carbonyl (C=O) groups excluding carboxylic acids is 2. The quantitative estimate of drug-likeness (QED) is 0.634. The highest BCUT2D eigenvalue weighted by Crippen LogP contribution is 2.13. The summed E-state index contributed by atoms with van der Waals surface area (Å²) in [6.45, 7) is 0. The van der Waals surface area contributed by atoms with Gasteiger partial charge < -0.3 is 5.32 Å². The fraction of sp³-hybridized carbons (Fsp3) is 0.308. The van der Waals surface area contributed by atoms with Crippen LogP contribution in [0.5, 0.6) is 0 Å². The molecule has 0 bridgehead atoms. The van der Waals surface area contributed by atoms with Crippen molar-refractivity contribution in [2.24, 2.45) is 0 Å². The van der Waals surface area contributed by atoms with E-state index in [1.54, 1.807) is 30.3 Å². The van der Waals surface area contributed by atoms with Gasteiger partial charge in [0.05, 0.1) is 6.04 Å². The van der Waals surface area contributed by atoms with E-state index in [1.807, 2.05) is 0 Å². The van der Waals surface area contributed by atoms with Gasteiger partial charge in [0.1, 0.15) is 4.86 Å². The van der Waals surface area contributed by atoms with Crippen LogP contribution in [0.3, 0.4) is 0 Å². The van der Waals surface area contributed by atoms with Gasteiger partial charge in [-0.1, -0.05) is 30.3 Å². The van der Waals surface area contributed by atoms with Crippen molar-refractivity contribution in [3.63, 3.8) is 0 Å². The Morgan fingerprint density at radius 1 is 1.21 bits per heavy atom. The Morgan fingerprint density at radius 2 is 1.89 bits per heavy atom. The SMILES string of the molecule is O=C1NC(C(=O)c2ccccc2)CCCC1=S(=O)=O. The molecule has 5 nitrogen and oxygen atoms in total. The van der Waals surface area contributed by atoms with Crippen LogP contribution in [0.2, 0.25) is 0 Å². The Hall–Kier alpha value is -1.95. The number of hydrogen-bond acceptors (Lipinski definition) is 4. The van der Waals surface area contributed by atoms with Crippen LogP contribution in [0.4, 0.5) is 0 Å². The minimum atomic E-state index is -2.52. The molecule has 0 spiro atoms. The third kappa shape index (κ3) is 3.08. The molecule has 1 saturated heterocycles. The Morgan fingerprint density at radius 3 is 2.53 bits per heavy atom. The monoisotopic (exact) mass is 279 g/mol. The molecule has 1 atom stereocenters. The number of ketones is 1. The average Bonchev–Trinajstić information content (AvgIpc) is 2.60. The van der Waals surface area contributed by atoms with E-state index in [9.17, 15) is 18.0 Å². The first-order valence-electron chi connectivity index (χ1n) is 5.95. The topological polar surface area (TPSA) is 80.3 Å². The number of hydrogen-bond donors (Lipinski definition) is 1. The average molecular weight is 279 g/mol. The van der Waals surface area contributed by atoms with Crippen LogP contribution in [0.1, 0.15) is 29.6 Å². The fourth-order valence-electron chi connectivity index (χ4n) is 2.05. The number of benzene rings is 1. The summed E-state index contributed by atoms with van der Waals surface area (Å²) in [5.41, 5.74) is 0.513. The lowest BCUT2D eigenvalue weighted by Crippen LogP contribution is -2.42. The van der Waals surface area contributed by atoms with Crippen LogP contribution in [-0.2, 0) is 15.1 Å². The number of Topliss-reactive ketones (excluding diaryl/α,β-unsaturated/α-hetero) is 1. The first-order valence-corrected chi connectivity index (χ1v) is 7.02. The van der Waals surface area contributed by atoms with Crippen molar-refractivity contribution in [1.29, 1.82) is 0 Å². The van der Waals surface area contributed by atoms with E-state index in [-0.39, 0.29) is 17.1 Å². The van der Waals surface area contributed by atoms with Gasteiger partial charge in [-0.05, 0) is 19.3 Å². The fourth-order valence-corrected chi connectivity index (χ4v) is 2.57. The smallest absolute Gasteiger partial charge is 0.263 e. The van der Waals surface area contributed by atoms with E-state index in [1.165, 1.54) is 0 Å². The van der Waals surface area contributed by atoms with Crippen LogP contribution in [0, 0.1) is 0 Å². The largest absolute Gasteiger partial charge is 0.341 e. The molecule has 0 aromatic heterocycles. The second-order valence-corrected chi connectivity index (χ2v) is 5.27. The maximum Gasteiger partial charge on any atom is 0.263 e. The van der Waals surface area contributed by atoms with Crippen molar-refractivity contribution in [1.82, 2.24) is 5.32 Å². The summed E-state index contributed by atoms with van der Waals surface area (Å²) >= 11 is 0. The summed E-state index contributed by atoms with van der Waals surface area (Å²) in [5, 5.41) is 2.49. The van der Waals surface area contributed by atoms with Crippen molar-refractivity contribution in [2.75, 3.05) is 0 Å². The van der Waals surface area contributed by atoms with Crippen LogP contribution in [-0.4, -0.2) is 31.0 Å². The summed E-state index contributed by atoms with van der Waals surface area (Å²) < 4.78 is 21.8. The summed E-state index contributed by atoms with van der Waals surface area (Å²) in [5.74, 6) is -0.855. The third-order valence-electron chi connectivity index (χ3n) is 3.03. The zero-order valence-corrected chi connectivity index (χ0v) is 10.9. The molecular weight excluding hydrogens is 266 g/mol. The van der Waals surface area contributed by atoms with Gasteiger partial charge in [-0.15, -0.1) is 0 Å². The zero-order valence-electron chi connectivity index (χ0n) is 10.1. The van der Waals surface area contributed by atoms with Crippen molar-refractivity contribution in [3.05, 3.63) is 35.9 Å². The highest BCUT2D eigenvalue weighted by atomic mass is 32.2. The number of rotatable bonds is 2. The van der Waals surface area contributed by atoms with Crippen molar-refractivity contribution in [3.8, 4) is 0 Å². The van der Waals surface area contributed by atoms with Gasteiger partial charge in [0.2, 0.25) is 10.3 Å². The van der Waals surface area contributed by atoms with Crippen molar-refractivity contribution in [2.45, 2.75) is 25.3 Å². The summed E-state index contributed by atoms with van der Waals surface area (Å²) in [6.07, 6.45) is 1.12. The second kappa shape index (κ2) is 5.79. The van der Waals surface area contributed by atoms with E-state index in [0.29, 0.717) is 18.4 Å². The normalized spacial score (nSPS) is 19.5. The van der Waals surface area contributed by atoms with E-state index >= 15 is 0 Å². The Bertz CT molecular complexity index is 626. The maximum atomic E-state index is 12.2. The molecule has 1 heterocycles. The first-order chi connectivity index (χ1) is 9.09. The van der Waals surface area contributed by atoms with Crippen LogP contribution in [0.25, 0.3) is 0 Å². The number of carbonyl (C=O) groups is 2. The molecule has 6 heteroatoms. The Labute approximate surface area is 112 Å². The van der Waals surface area contributed by atoms with Gasteiger partial charge in [-0.3, -0.25) is 9.59 Å². The van der Waals surface area contributed by atoms with E-state index in [2.05, 4.69) is 5.32 Å². The zero-order chi connectivity index (χ0) is 13.8. The van der Waals surface area contributed by atoms with E-state index < -0.39 is 22.2 Å². The lowest BCUT2D eigenvalue weighted by atomic mass is 10.0. The van der Waals surface area contributed by atoms with Gasteiger partial charge in [-0.2, -0.15) is 8.42 Å². The van der Waals surface area contributed by atoms with E-state index in [0.717, 1.165) is 0 Å². The van der Waals surface area contributed by atoms with Crippen LogP contribution in [0.15, 0.2) is 30.3 Å². The number of amides is 1. The van der Waals surface area contributed by atoms with Crippen molar-refractivity contribution < 1.29 is 18.0 Å². The molecule has 1 aromatic rings. The standard InChI is InChI=1S/C13H13NO4S/c15-12(9-5-2-1-3-6-9)10-7-4-8-11(19(17)18)13(16)14-10/h1-3,5-6,10H,4,7-8H2,(H,14,16). The first kappa shape index (κ1) is 13.5. The molecule has 1 N–H and O–H groups in total. The summed E-state index contributed by atoms with van der Waals surface area (Å²) in [4.78, 5) is 23.7. The summed E-state index contributed by atoms with van der Waals surface area (Å²) in [7, 11) is -2.52. The highest BCUT2D eigenvalue weighted by molar-refractivity contribution is 7.74. The van der Waals surface area contributed by atoms with Gasteiger partial charge in [-0.25, -0.2) is 0 Å². The third-order valence-corrected chi connectivity index (χ3v) is 3.82. The molecular formula is C13H13NO4S. The minimum Gasteiger partial charge on any atom is -0.341 e. The lowest BCUT2D eigenvalue weighted by molar-refractivity contribution is -0.115. The van der Waals surface area contributed by atoms with Gasteiger partial charge in [0.25, 0.3) is 5.91 Å². The molecule has 1 fully saturated rings. The Balaban J connectivity index is 2.22. The van der Waals surface area contributed by atoms with Crippen LogP contribution < -0.4 is 5.32 Å². The van der Waals surface area contributed by atoms with Crippen LogP contribution >= 0.6 is 0 Å². The van der Waals surface area contributed by atoms with Gasteiger partial charge >= 0.3 is 0 Å². The lowest BCUT2D eigenvalue weighted by Gasteiger charge is -2.14. The molecule has 1 aromatic carbocycles. The van der Waals surface area contributed by atoms with E-state index in [4.69, 9.17) is 0 Å². The predicted octanol–water partition coefficient (Wildman–Crippen LogP) is 0.589. The molecule has 1 aliphatic rings. The molecule has 1 unspecified atom stereocenters. The molecule has 0 aliphatic carbocycles. The Kier molecular flexibility index (Phi) is 4.11. The highest BCUT2D eigenvalue weighted by Gasteiger charge is 2.27. The molecule has 0 saturated carbocycles. The molecule has 0 radical (unpaired) electrons. The molecule has 1 aliphatic heterocycles. The second-order valence-electron chi connectivity index (χ2n) is 4.31. The summed E-state index contributed by atoms with van der Waals surface area (Å²) in [6, 6.07) is 7.99.